The van der Waals surface area contributed by atoms with Gasteiger partial charge in [-0.25, -0.2) is 14.4 Å². The summed E-state index contributed by atoms with van der Waals surface area (Å²) in [5.41, 5.74) is 9.32. The molecule has 1 saturated heterocycles. The van der Waals surface area contributed by atoms with Crippen LogP contribution >= 0.6 is 0 Å². The standard InChI is InChI=1S/C28H30FN5O3S/c1-16(2)15-37-20-13-18(12-19(29)14-20)23-9-8-22-26(33-38(35,36)25-5-3-4-24(30)32-25)21-7-6-17-10-11-34(27(17)21)28(22)31-23/h3-5,8-9,12-14,16-17,27,33H,6-7,10-11,15H2,1-2H3,(H2,30,32). The molecule has 6 rings (SSSR count). The van der Waals surface area contributed by atoms with Crippen molar-refractivity contribution in [2.45, 2.75) is 44.2 Å². The lowest BCUT2D eigenvalue weighted by Crippen LogP contribution is -2.39. The van der Waals surface area contributed by atoms with E-state index in [1.54, 1.807) is 24.3 Å². The van der Waals surface area contributed by atoms with Crippen molar-refractivity contribution in [3.8, 4) is 17.0 Å². The number of benzene rings is 1. The largest absolute Gasteiger partial charge is 0.493 e. The Morgan fingerprint density at radius 3 is 2.79 bits per heavy atom. The SMILES string of the molecule is CC(C)COc1cc(F)cc(-c2ccc3c(n2)N2CCC4CCC(=C3NS(=O)(=O)c3cccc(N)n3)C42)c1. The predicted octanol–water partition coefficient (Wildman–Crippen LogP) is 4.59. The third-order valence-corrected chi connectivity index (χ3v) is 8.66. The molecule has 2 atom stereocenters. The summed E-state index contributed by atoms with van der Waals surface area (Å²) >= 11 is 0. The van der Waals surface area contributed by atoms with E-state index in [2.05, 4.69) is 14.6 Å². The predicted molar refractivity (Wildman–Crippen MR) is 144 cm³/mol. The summed E-state index contributed by atoms with van der Waals surface area (Å²) < 4.78 is 49.8. The number of aromatic nitrogens is 2. The number of nitrogens with zero attached hydrogens (tertiary/aromatic N) is 3. The summed E-state index contributed by atoms with van der Waals surface area (Å²) in [4.78, 5) is 11.3. The molecule has 10 heteroatoms. The van der Waals surface area contributed by atoms with E-state index in [9.17, 15) is 12.8 Å². The zero-order chi connectivity index (χ0) is 26.6. The van der Waals surface area contributed by atoms with Crippen LogP contribution < -0.4 is 20.1 Å². The van der Waals surface area contributed by atoms with Gasteiger partial charge in [-0.15, -0.1) is 0 Å². The topological polar surface area (TPSA) is 110 Å². The molecule has 38 heavy (non-hydrogen) atoms. The van der Waals surface area contributed by atoms with Gasteiger partial charge in [0.25, 0.3) is 10.0 Å². The highest BCUT2D eigenvalue weighted by molar-refractivity contribution is 7.89. The molecular formula is C28H30FN5O3S. The van der Waals surface area contributed by atoms with Gasteiger partial charge in [-0.3, -0.25) is 4.72 Å². The number of pyridine rings is 2. The number of ether oxygens (including phenoxy) is 1. The number of nitrogen functional groups attached to an aromatic ring is 1. The molecule has 2 unspecified atom stereocenters. The number of sulfonamides is 1. The molecule has 198 valence electrons. The number of halogens is 1. The second-order valence-electron chi connectivity index (χ2n) is 10.6. The van der Waals surface area contributed by atoms with Crippen molar-refractivity contribution in [2.24, 2.45) is 11.8 Å². The zero-order valence-corrected chi connectivity index (χ0v) is 22.1. The number of fused-ring (bicyclic) bond motifs is 2. The second kappa shape index (κ2) is 9.27. The average molecular weight is 536 g/mol. The molecule has 1 aliphatic carbocycles. The van der Waals surface area contributed by atoms with Gasteiger partial charge >= 0.3 is 0 Å². The van der Waals surface area contributed by atoms with Gasteiger partial charge in [-0.05, 0) is 73.1 Å². The Hall–Kier alpha value is -3.66. The van der Waals surface area contributed by atoms with Crippen LogP contribution in [0, 0.1) is 17.7 Å². The molecule has 1 aromatic carbocycles. The second-order valence-corrected chi connectivity index (χ2v) is 12.2. The summed E-state index contributed by atoms with van der Waals surface area (Å²) in [6.45, 7) is 5.39. The summed E-state index contributed by atoms with van der Waals surface area (Å²) in [5, 5.41) is -0.131. The van der Waals surface area contributed by atoms with E-state index in [1.807, 2.05) is 19.9 Å². The van der Waals surface area contributed by atoms with E-state index in [4.69, 9.17) is 15.5 Å². The Balaban J connectivity index is 1.42. The maximum Gasteiger partial charge on any atom is 0.279 e. The monoisotopic (exact) mass is 535 g/mol. The van der Waals surface area contributed by atoms with Gasteiger partial charge in [0.05, 0.1) is 24.0 Å². The highest BCUT2D eigenvalue weighted by atomic mass is 32.2. The molecule has 4 heterocycles. The van der Waals surface area contributed by atoms with E-state index in [0.29, 0.717) is 52.5 Å². The fraction of sp³-hybridized carbons (Fsp3) is 0.357. The van der Waals surface area contributed by atoms with Crippen LogP contribution in [-0.4, -0.2) is 37.6 Å². The fourth-order valence-corrected chi connectivity index (χ4v) is 6.87. The van der Waals surface area contributed by atoms with Crippen LogP contribution in [0.25, 0.3) is 17.0 Å². The van der Waals surface area contributed by atoms with E-state index in [1.165, 1.54) is 18.2 Å². The van der Waals surface area contributed by atoms with Crippen LogP contribution in [0.5, 0.6) is 5.75 Å². The van der Waals surface area contributed by atoms with Gasteiger partial charge < -0.3 is 15.4 Å². The molecule has 3 N–H and O–H groups in total. The Morgan fingerprint density at radius 2 is 2.00 bits per heavy atom. The first-order valence-corrected chi connectivity index (χ1v) is 14.4. The fourth-order valence-electron chi connectivity index (χ4n) is 5.77. The molecule has 0 amide bonds. The van der Waals surface area contributed by atoms with Gasteiger partial charge in [0.1, 0.15) is 23.2 Å². The summed E-state index contributed by atoms with van der Waals surface area (Å²) in [5.74, 6) is 1.64. The lowest BCUT2D eigenvalue weighted by molar-refractivity contribution is 0.270. The summed E-state index contributed by atoms with van der Waals surface area (Å²) in [7, 11) is -3.98. The highest BCUT2D eigenvalue weighted by Crippen LogP contribution is 2.50. The minimum atomic E-state index is -3.98. The molecule has 2 fully saturated rings. The Kier molecular flexibility index (Phi) is 6.02. The van der Waals surface area contributed by atoms with Gasteiger partial charge in [0.15, 0.2) is 5.03 Å². The van der Waals surface area contributed by atoms with E-state index in [0.717, 1.165) is 31.4 Å². The van der Waals surface area contributed by atoms with Crippen molar-refractivity contribution in [3.05, 3.63) is 65.5 Å². The first-order chi connectivity index (χ1) is 18.2. The highest BCUT2D eigenvalue weighted by Gasteiger charge is 2.47. The molecule has 1 saturated carbocycles. The molecule has 8 nitrogen and oxygen atoms in total. The molecule has 0 radical (unpaired) electrons. The van der Waals surface area contributed by atoms with Crippen LogP contribution in [0.2, 0.25) is 0 Å². The van der Waals surface area contributed by atoms with Crippen LogP contribution in [0.15, 0.2) is 59.1 Å². The zero-order valence-electron chi connectivity index (χ0n) is 21.3. The number of anilines is 2. The van der Waals surface area contributed by atoms with Crippen LogP contribution in [0.1, 0.15) is 38.7 Å². The molecule has 3 aromatic rings. The van der Waals surface area contributed by atoms with Gasteiger partial charge in [-0.2, -0.15) is 8.42 Å². The van der Waals surface area contributed by atoms with Gasteiger partial charge in [0.2, 0.25) is 0 Å². The van der Waals surface area contributed by atoms with Crippen molar-refractivity contribution in [2.75, 3.05) is 23.8 Å². The Bertz CT molecular complexity index is 1560. The lowest BCUT2D eigenvalue weighted by atomic mass is 9.95. The number of nitrogens with two attached hydrogens (primary N) is 1. The maximum absolute atomic E-state index is 14.5. The third-order valence-electron chi connectivity index (χ3n) is 7.41. The molecule has 0 spiro atoms. The first kappa shape index (κ1) is 24.7. The minimum absolute atomic E-state index is 0.0918. The van der Waals surface area contributed by atoms with E-state index in [-0.39, 0.29) is 16.9 Å². The third kappa shape index (κ3) is 4.36. The minimum Gasteiger partial charge on any atom is -0.493 e. The van der Waals surface area contributed by atoms with E-state index < -0.39 is 15.8 Å². The molecule has 2 aromatic heterocycles. The van der Waals surface area contributed by atoms with Crippen LogP contribution in [0.4, 0.5) is 16.0 Å². The average Bonchev–Trinajstić information content (AvgIpc) is 3.49. The number of rotatable bonds is 7. The van der Waals surface area contributed by atoms with Gasteiger partial charge in [-0.1, -0.05) is 19.9 Å². The van der Waals surface area contributed by atoms with E-state index >= 15 is 0 Å². The molecule has 0 bridgehead atoms. The molecule has 3 aliphatic rings. The van der Waals surface area contributed by atoms with Gasteiger partial charge in [0, 0.05) is 23.7 Å². The van der Waals surface area contributed by atoms with Crippen molar-refractivity contribution in [3.63, 3.8) is 0 Å². The quantitative estimate of drug-likeness (QED) is 0.455. The Labute approximate surface area is 221 Å². The molecule has 2 aliphatic heterocycles. The lowest BCUT2D eigenvalue weighted by Gasteiger charge is -2.35. The van der Waals surface area contributed by atoms with Crippen molar-refractivity contribution in [1.82, 2.24) is 14.7 Å². The van der Waals surface area contributed by atoms with Crippen molar-refractivity contribution < 1.29 is 17.5 Å². The normalized spacial score (nSPS) is 20.1. The van der Waals surface area contributed by atoms with Crippen LogP contribution in [-0.2, 0) is 10.0 Å². The first-order valence-electron chi connectivity index (χ1n) is 12.9. The summed E-state index contributed by atoms with van der Waals surface area (Å²) in [6.07, 6.45) is 2.83. The molecular weight excluding hydrogens is 505 g/mol. The van der Waals surface area contributed by atoms with Crippen molar-refractivity contribution in [1.29, 1.82) is 0 Å². The number of nitrogens with one attached hydrogen (secondary N) is 1. The number of hydrogen-bond acceptors (Lipinski definition) is 7. The summed E-state index contributed by atoms with van der Waals surface area (Å²) in [6, 6.07) is 12.9. The maximum atomic E-state index is 14.5. The smallest absolute Gasteiger partial charge is 0.279 e. The Morgan fingerprint density at radius 1 is 1.16 bits per heavy atom. The van der Waals surface area contributed by atoms with Crippen LogP contribution in [0.3, 0.4) is 0 Å². The number of hydrogen-bond donors (Lipinski definition) is 2. The van der Waals surface area contributed by atoms with Crippen molar-refractivity contribution >= 4 is 27.4 Å².